The summed E-state index contributed by atoms with van der Waals surface area (Å²) in [6, 6.07) is 0. The van der Waals surface area contributed by atoms with E-state index in [9.17, 15) is 0 Å². The van der Waals surface area contributed by atoms with E-state index in [-0.39, 0.29) is 5.54 Å². The van der Waals surface area contributed by atoms with Gasteiger partial charge in [0.25, 0.3) is 0 Å². The van der Waals surface area contributed by atoms with Crippen molar-refractivity contribution in [1.29, 1.82) is 0 Å². The van der Waals surface area contributed by atoms with Gasteiger partial charge in [0.1, 0.15) is 6.54 Å². The summed E-state index contributed by atoms with van der Waals surface area (Å²) in [5, 5.41) is 15.5. The first-order valence-corrected chi connectivity index (χ1v) is 6.92. The summed E-state index contributed by atoms with van der Waals surface area (Å²) in [4.78, 5) is 4.31. The summed E-state index contributed by atoms with van der Waals surface area (Å²) in [6.07, 6.45) is 3.70. The van der Waals surface area contributed by atoms with E-state index in [0.717, 1.165) is 18.5 Å². The monoisotopic (exact) mass is 278 g/mol. The zero-order valence-electron chi connectivity index (χ0n) is 12.6. The molecule has 2 aromatic heterocycles. The van der Waals surface area contributed by atoms with Crippen LogP contribution in [-0.2, 0) is 19.5 Å². The smallest absolute Gasteiger partial charge is 0.226 e. The molecule has 2 heterocycles. The largest absolute Gasteiger partial charge is 0.339 e. The average molecular weight is 278 g/mol. The maximum Gasteiger partial charge on any atom is 0.226 e. The lowest BCUT2D eigenvalue weighted by atomic mass is 10.1. The van der Waals surface area contributed by atoms with Gasteiger partial charge in [-0.1, -0.05) is 17.3 Å². The van der Waals surface area contributed by atoms with Crippen molar-refractivity contribution >= 4 is 0 Å². The summed E-state index contributed by atoms with van der Waals surface area (Å²) in [5.41, 5.74) is 0.962. The van der Waals surface area contributed by atoms with Crippen LogP contribution in [0, 0.1) is 0 Å². The molecule has 0 aromatic carbocycles. The van der Waals surface area contributed by atoms with Crippen LogP contribution in [0.1, 0.15) is 51.5 Å². The highest BCUT2D eigenvalue weighted by molar-refractivity contribution is 4.95. The molecule has 0 fully saturated rings. The van der Waals surface area contributed by atoms with E-state index < -0.39 is 0 Å². The standard InChI is InChI=1S/C13H22N6O/c1-5-6-12-15-11(17-20-12)9-19-8-10(16-18-19)7-14-13(2,3)4/h8,14H,5-7,9H2,1-4H3. The number of hydrogen-bond donors (Lipinski definition) is 1. The predicted molar refractivity (Wildman–Crippen MR) is 74.0 cm³/mol. The number of nitrogens with zero attached hydrogens (tertiary/aromatic N) is 5. The van der Waals surface area contributed by atoms with Crippen LogP contribution < -0.4 is 5.32 Å². The minimum Gasteiger partial charge on any atom is -0.339 e. The molecular formula is C13H22N6O. The van der Waals surface area contributed by atoms with Gasteiger partial charge in [-0.05, 0) is 27.2 Å². The van der Waals surface area contributed by atoms with E-state index in [1.54, 1.807) is 4.68 Å². The fraction of sp³-hybridized carbons (Fsp3) is 0.692. The SMILES string of the molecule is CCCc1nc(Cn2cc(CNC(C)(C)C)nn2)no1. The molecule has 0 unspecified atom stereocenters. The topological polar surface area (TPSA) is 81.7 Å². The van der Waals surface area contributed by atoms with E-state index in [1.807, 2.05) is 6.20 Å². The lowest BCUT2D eigenvalue weighted by Gasteiger charge is -2.19. The molecule has 0 aliphatic heterocycles. The molecule has 0 aliphatic rings. The quantitative estimate of drug-likeness (QED) is 0.863. The average Bonchev–Trinajstić information content (AvgIpc) is 2.97. The Morgan fingerprint density at radius 1 is 1.35 bits per heavy atom. The number of rotatable bonds is 6. The molecule has 2 rings (SSSR count). The van der Waals surface area contributed by atoms with Crippen molar-refractivity contribution in [1.82, 2.24) is 30.5 Å². The fourth-order valence-electron chi connectivity index (χ4n) is 1.67. The van der Waals surface area contributed by atoms with Crippen molar-refractivity contribution in [2.75, 3.05) is 0 Å². The molecule has 110 valence electrons. The number of nitrogens with one attached hydrogen (secondary N) is 1. The summed E-state index contributed by atoms with van der Waals surface area (Å²) in [6.45, 7) is 9.60. The lowest BCUT2D eigenvalue weighted by Crippen LogP contribution is -2.35. The van der Waals surface area contributed by atoms with Crippen molar-refractivity contribution in [3.63, 3.8) is 0 Å². The Kier molecular flexibility index (Phi) is 4.49. The van der Waals surface area contributed by atoms with Crippen LogP contribution >= 0.6 is 0 Å². The maximum absolute atomic E-state index is 5.14. The van der Waals surface area contributed by atoms with E-state index >= 15 is 0 Å². The Labute approximate surface area is 118 Å². The fourth-order valence-corrected chi connectivity index (χ4v) is 1.67. The van der Waals surface area contributed by atoms with Crippen LogP contribution in [0.5, 0.6) is 0 Å². The molecule has 0 amide bonds. The Morgan fingerprint density at radius 3 is 2.85 bits per heavy atom. The highest BCUT2D eigenvalue weighted by atomic mass is 16.5. The van der Waals surface area contributed by atoms with Crippen LogP contribution in [-0.4, -0.2) is 30.7 Å². The highest BCUT2D eigenvalue weighted by Crippen LogP contribution is 2.04. The van der Waals surface area contributed by atoms with Gasteiger partial charge in [0.05, 0.1) is 11.9 Å². The third-order valence-corrected chi connectivity index (χ3v) is 2.66. The van der Waals surface area contributed by atoms with Gasteiger partial charge in [0.2, 0.25) is 5.89 Å². The molecule has 7 nitrogen and oxygen atoms in total. The molecule has 0 atom stereocenters. The molecule has 0 saturated carbocycles. The minimum absolute atomic E-state index is 0.0620. The molecular weight excluding hydrogens is 256 g/mol. The molecule has 2 aromatic rings. The van der Waals surface area contributed by atoms with Crippen LogP contribution in [0.4, 0.5) is 0 Å². The molecule has 7 heteroatoms. The Morgan fingerprint density at radius 2 is 2.15 bits per heavy atom. The summed E-state index contributed by atoms with van der Waals surface area (Å²) in [7, 11) is 0. The van der Waals surface area contributed by atoms with Gasteiger partial charge in [-0.2, -0.15) is 4.98 Å². The van der Waals surface area contributed by atoms with E-state index in [4.69, 9.17) is 4.52 Å². The van der Waals surface area contributed by atoms with Gasteiger partial charge >= 0.3 is 0 Å². The molecule has 0 aliphatic carbocycles. The molecule has 0 radical (unpaired) electrons. The second kappa shape index (κ2) is 6.13. The molecule has 0 bridgehead atoms. The summed E-state index contributed by atoms with van der Waals surface area (Å²) in [5.74, 6) is 1.31. The van der Waals surface area contributed by atoms with Crippen LogP contribution in [0.3, 0.4) is 0 Å². The molecule has 1 N–H and O–H groups in total. The van der Waals surface area contributed by atoms with E-state index in [1.165, 1.54) is 0 Å². The molecule has 20 heavy (non-hydrogen) atoms. The van der Waals surface area contributed by atoms with Gasteiger partial charge in [-0.25, -0.2) is 4.68 Å². The van der Waals surface area contributed by atoms with Crippen molar-refractivity contribution in [3.8, 4) is 0 Å². The Hall–Kier alpha value is -1.76. The van der Waals surface area contributed by atoms with Gasteiger partial charge < -0.3 is 9.84 Å². The molecule has 0 spiro atoms. The maximum atomic E-state index is 5.14. The van der Waals surface area contributed by atoms with Crippen LogP contribution in [0.25, 0.3) is 0 Å². The van der Waals surface area contributed by atoms with Crippen LogP contribution in [0.2, 0.25) is 0 Å². The third kappa shape index (κ3) is 4.41. The number of aromatic nitrogens is 5. The highest BCUT2D eigenvalue weighted by Gasteiger charge is 2.11. The van der Waals surface area contributed by atoms with Gasteiger partial charge in [-0.3, -0.25) is 0 Å². The van der Waals surface area contributed by atoms with E-state index in [0.29, 0.717) is 24.8 Å². The number of aryl methyl sites for hydroxylation is 1. The zero-order valence-corrected chi connectivity index (χ0v) is 12.6. The lowest BCUT2D eigenvalue weighted by molar-refractivity contribution is 0.370. The van der Waals surface area contributed by atoms with Gasteiger partial charge in [0.15, 0.2) is 5.82 Å². The first kappa shape index (κ1) is 14.6. The van der Waals surface area contributed by atoms with Crippen LogP contribution in [0.15, 0.2) is 10.7 Å². The Balaban J connectivity index is 1.91. The predicted octanol–water partition coefficient (Wildman–Crippen LogP) is 1.55. The summed E-state index contributed by atoms with van der Waals surface area (Å²) >= 11 is 0. The van der Waals surface area contributed by atoms with Crippen molar-refractivity contribution in [2.24, 2.45) is 0 Å². The summed E-state index contributed by atoms with van der Waals surface area (Å²) < 4.78 is 6.86. The molecule has 0 saturated heterocycles. The Bertz CT molecular complexity index is 539. The van der Waals surface area contributed by atoms with Crippen molar-refractivity contribution < 1.29 is 4.52 Å². The van der Waals surface area contributed by atoms with Gasteiger partial charge in [0, 0.05) is 18.5 Å². The van der Waals surface area contributed by atoms with Crippen molar-refractivity contribution in [3.05, 3.63) is 23.6 Å². The third-order valence-electron chi connectivity index (χ3n) is 2.66. The normalized spacial score (nSPS) is 12.0. The minimum atomic E-state index is 0.0620. The number of hydrogen-bond acceptors (Lipinski definition) is 6. The zero-order chi connectivity index (χ0) is 14.6. The second-order valence-corrected chi connectivity index (χ2v) is 5.87. The van der Waals surface area contributed by atoms with Gasteiger partial charge in [-0.15, -0.1) is 5.10 Å². The van der Waals surface area contributed by atoms with Crippen molar-refractivity contribution in [2.45, 2.75) is 59.2 Å². The first-order chi connectivity index (χ1) is 9.46. The first-order valence-electron chi connectivity index (χ1n) is 6.92. The second-order valence-electron chi connectivity index (χ2n) is 5.87. The van der Waals surface area contributed by atoms with E-state index in [2.05, 4.69) is 53.5 Å².